The van der Waals surface area contributed by atoms with E-state index in [2.05, 4.69) is 29.1 Å². The lowest BCUT2D eigenvalue weighted by Crippen LogP contribution is -2.37. The van der Waals surface area contributed by atoms with Crippen molar-refractivity contribution in [2.45, 2.75) is 20.8 Å². The highest BCUT2D eigenvalue weighted by Crippen LogP contribution is 2.31. The first-order chi connectivity index (χ1) is 9.86. The van der Waals surface area contributed by atoms with E-state index in [0.717, 1.165) is 15.1 Å². The fourth-order valence-corrected chi connectivity index (χ4v) is 3.05. The minimum absolute atomic E-state index is 0.0268. The number of nitrogens with zero attached hydrogens (tertiary/aromatic N) is 3. The third-order valence-corrected chi connectivity index (χ3v) is 4.03. The Labute approximate surface area is 133 Å². The molecule has 1 amide bonds. The molecule has 0 bridgehead atoms. The van der Waals surface area contributed by atoms with Crippen molar-refractivity contribution in [2.24, 2.45) is 5.92 Å². The molecular weight excluding hydrogens is 308 g/mol. The Morgan fingerprint density at radius 1 is 1.48 bits per heavy atom. The molecule has 7 heteroatoms. The summed E-state index contributed by atoms with van der Waals surface area (Å²) in [6, 6.07) is 2.02. The lowest BCUT2D eigenvalue weighted by atomic mass is 10.2. The van der Waals surface area contributed by atoms with Crippen molar-refractivity contribution in [1.29, 1.82) is 0 Å². The topological polar surface area (TPSA) is 58.1 Å². The van der Waals surface area contributed by atoms with E-state index in [4.69, 9.17) is 11.6 Å². The summed E-state index contributed by atoms with van der Waals surface area (Å²) < 4.78 is 0. The molecular formula is C14H19ClN4OS. The number of carbonyl (C=O) groups is 1. The van der Waals surface area contributed by atoms with Gasteiger partial charge in [0.25, 0.3) is 0 Å². The van der Waals surface area contributed by atoms with Gasteiger partial charge < -0.3 is 10.2 Å². The normalized spacial score (nSPS) is 11.1. The number of anilines is 1. The maximum absolute atomic E-state index is 11.9. The van der Waals surface area contributed by atoms with Crippen LogP contribution in [0.5, 0.6) is 0 Å². The van der Waals surface area contributed by atoms with Gasteiger partial charge in [-0.25, -0.2) is 4.98 Å². The lowest BCUT2D eigenvalue weighted by molar-refractivity contribution is -0.119. The summed E-state index contributed by atoms with van der Waals surface area (Å²) in [5.74, 6) is 1.09. The van der Waals surface area contributed by atoms with Crippen LogP contribution in [-0.4, -0.2) is 36.0 Å². The minimum Gasteiger partial charge on any atom is -0.354 e. The van der Waals surface area contributed by atoms with Crippen LogP contribution in [0.4, 0.5) is 5.82 Å². The van der Waals surface area contributed by atoms with E-state index >= 15 is 0 Å². The Hall–Kier alpha value is -1.40. The number of carbonyl (C=O) groups excluding carboxylic acids is 1. The Kier molecular flexibility index (Phi) is 5.00. The molecule has 2 rings (SSSR count). The number of hydrogen-bond donors (Lipinski definition) is 1. The zero-order valence-corrected chi connectivity index (χ0v) is 14.2. The van der Waals surface area contributed by atoms with Gasteiger partial charge in [-0.1, -0.05) is 13.8 Å². The molecule has 2 aromatic rings. The number of likely N-dealkylation sites (N-methyl/N-ethyl adjacent to an activating group) is 1. The third-order valence-electron chi connectivity index (χ3n) is 2.92. The van der Waals surface area contributed by atoms with Gasteiger partial charge >= 0.3 is 0 Å². The number of rotatable bonds is 5. The van der Waals surface area contributed by atoms with Crippen LogP contribution >= 0.6 is 22.9 Å². The second kappa shape index (κ2) is 6.58. The van der Waals surface area contributed by atoms with Gasteiger partial charge in [-0.15, -0.1) is 11.3 Å². The van der Waals surface area contributed by atoms with Crippen molar-refractivity contribution in [1.82, 2.24) is 15.3 Å². The molecule has 0 saturated heterocycles. The minimum atomic E-state index is -0.0268. The largest absolute Gasteiger partial charge is 0.354 e. The van der Waals surface area contributed by atoms with Crippen LogP contribution < -0.4 is 10.2 Å². The van der Waals surface area contributed by atoms with Gasteiger partial charge in [0.05, 0.1) is 11.9 Å². The highest BCUT2D eigenvalue weighted by atomic mass is 35.5. The first kappa shape index (κ1) is 16.0. The van der Waals surface area contributed by atoms with Crippen LogP contribution in [0.25, 0.3) is 10.2 Å². The number of aromatic nitrogens is 2. The van der Waals surface area contributed by atoms with Crippen LogP contribution in [0.15, 0.2) is 6.07 Å². The molecule has 0 aliphatic heterocycles. The molecule has 2 heterocycles. The van der Waals surface area contributed by atoms with E-state index in [9.17, 15) is 4.79 Å². The van der Waals surface area contributed by atoms with Gasteiger partial charge in [0.1, 0.15) is 10.6 Å². The number of halogens is 1. The maximum Gasteiger partial charge on any atom is 0.239 e. The SMILES string of the molecule is Cc1cc2c(N(C)CC(=O)NCC(C)C)nc(Cl)nc2s1. The summed E-state index contributed by atoms with van der Waals surface area (Å²) in [5, 5.41) is 4.03. The van der Waals surface area contributed by atoms with Crippen molar-refractivity contribution in [3.63, 3.8) is 0 Å². The molecule has 21 heavy (non-hydrogen) atoms. The van der Waals surface area contributed by atoms with Gasteiger partial charge in [0.15, 0.2) is 0 Å². The number of aryl methyl sites for hydroxylation is 1. The standard InChI is InChI=1S/C14H19ClN4OS/c1-8(2)6-16-11(20)7-19(4)12-10-5-9(3)21-13(10)18-14(15)17-12/h5,8H,6-7H2,1-4H3,(H,16,20). The number of hydrogen-bond acceptors (Lipinski definition) is 5. The number of nitrogens with one attached hydrogen (secondary N) is 1. The quantitative estimate of drug-likeness (QED) is 0.858. The molecule has 0 saturated carbocycles. The molecule has 0 aliphatic carbocycles. The third kappa shape index (κ3) is 4.04. The van der Waals surface area contributed by atoms with Gasteiger partial charge in [-0.3, -0.25) is 4.79 Å². The first-order valence-corrected chi connectivity index (χ1v) is 7.97. The summed E-state index contributed by atoms with van der Waals surface area (Å²) in [4.78, 5) is 24.2. The Bertz CT molecular complexity index is 656. The molecule has 0 spiro atoms. The summed E-state index contributed by atoms with van der Waals surface area (Å²) in [6.45, 7) is 7.05. The van der Waals surface area contributed by atoms with Crippen LogP contribution in [0.2, 0.25) is 5.28 Å². The van der Waals surface area contributed by atoms with Crippen molar-refractivity contribution in [3.8, 4) is 0 Å². The summed E-state index contributed by atoms with van der Waals surface area (Å²) in [6.07, 6.45) is 0. The monoisotopic (exact) mass is 326 g/mol. The second-order valence-corrected chi connectivity index (χ2v) is 7.02. The van der Waals surface area contributed by atoms with Crippen LogP contribution in [-0.2, 0) is 4.79 Å². The van der Waals surface area contributed by atoms with Gasteiger partial charge in [-0.2, -0.15) is 4.98 Å². The summed E-state index contributed by atoms with van der Waals surface area (Å²) in [5.41, 5.74) is 0. The van der Waals surface area contributed by atoms with Gasteiger partial charge in [-0.05, 0) is 30.5 Å². The van der Waals surface area contributed by atoms with Crippen LogP contribution in [0.3, 0.4) is 0 Å². The summed E-state index contributed by atoms with van der Waals surface area (Å²) >= 11 is 7.54. The second-order valence-electron chi connectivity index (χ2n) is 5.45. The Morgan fingerprint density at radius 2 is 2.19 bits per heavy atom. The zero-order chi connectivity index (χ0) is 15.6. The van der Waals surface area contributed by atoms with Gasteiger partial charge in [0.2, 0.25) is 11.2 Å². The summed E-state index contributed by atoms with van der Waals surface area (Å²) in [7, 11) is 1.83. The number of amides is 1. The fourth-order valence-electron chi connectivity index (χ4n) is 1.96. The molecule has 0 atom stereocenters. The highest BCUT2D eigenvalue weighted by molar-refractivity contribution is 7.18. The van der Waals surface area contributed by atoms with E-state index in [-0.39, 0.29) is 17.7 Å². The Morgan fingerprint density at radius 3 is 2.86 bits per heavy atom. The predicted molar refractivity (Wildman–Crippen MR) is 88.3 cm³/mol. The smallest absolute Gasteiger partial charge is 0.239 e. The van der Waals surface area contributed by atoms with Crippen molar-refractivity contribution in [3.05, 3.63) is 16.2 Å². The molecule has 2 aromatic heterocycles. The zero-order valence-electron chi connectivity index (χ0n) is 12.6. The van der Waals surface area contributed by atoms with E-state index in [1.807, 2.05) is 20.0 Å². The molecule has 0 aliphatic rings. The maximum atomic E-state index is 11.9. The Balaban J connectivity index is 2.19. The van der Waals surface area contributed by atoms with Crippen molar-refractivity contribution < 1.29 is 4.79 Å². The fraction of sp³-hybridized carbons (Fsp3) is 0.500. The molecule has 0 radical (unpaired) electrons. The lowest BCUT2D eigenvalue weighted by Gasteiger charge is -2.19. The van der Waals surface area contributed by atoms with Crippen molar-refractivity contribution in [2.75, 3.05) is 25.0 Å². The molecule has 0 fully saturated rings. The molecule has 0 unspecified atom stereocenters. The van der Waals surface area contributed by atoms with E-state index in [1.165, 1.54) is 0 Å². The average molecular weight is 327 g/mol. The van der Waals surface area contributed by atoms with Crippen LogP contribution in [0, 0.1) is 12.8 Å². The molecule has 5 nitrogen and oxygen atoms in total. The van der Waals surface area contributed by atoms with Crippen molar-refractivity contribution >= 4 is 44.9 Å². The number of thiophene rings is 1. The first-order valence-electron chi connectivity index (χ1n) is 6.78. The van der Waals surface area contributed by atoms with Crippen LogP contribution in [0.1, 0.15) is 18.7 Å². The van der Waals surface area contributed by atoms with E-state index in [1.54, 1.807) is 16.2 Å². The molecule has 1 N–H and O–H groups in total. The molecule has 0 aromatic carbocycles. The highest BCUT2D eigenvalue weighted by Gasteiger charge is 2.15. The molecule has 114 valence electrons. The van der Waals surface area contributed by atoms with E-state index < -0.39 is 0 Å². The average Bonchev–Trinajstić information content (AvgIpc) is 2.75. The van der Waals surface area contributed by atoms with E-state index in [0.29, 0.717) is 18.3 Å². The van der Waals surface area contributed by atoms with Gasteiger partial charge in [0, 0.05) is 18.5 Å². The predicted octanol–water partition coefficient (Wildman–Crippen LogP) is 2.86. The number of fused-ring (bicyclic) bond motifs is 1.